The number of halogens is 2. The lowest BCUT2D eigenvalue weighted by molar-refractivity contribution is -0.131. The Bertz CT molecular complexity index is 873. The molecular weight excluding hydrogens is 358 g/mol. The maximum atomic E-state index is 14.1. The molecule has 8 heteroatoms. The maximum Gasteiger partial charge on any atom is 0.325 e. The fraction of sp³-hybridized carbons (Fsp3) is 0.263. The van der Waals surface area contributed by atoms with Crippen molar-refractivity contribution in [1.82, 2.24) is 10.2 Å². The smallest absolute Gasteiger partial charge is 0.325 e. The third kappa shape index (κ3) is 3.55. The minimum absolute atomic E-state index is 0.0385. The molecule has 0 aromatic heterocycles. The first-order valence-electron chi connectivity index (χ1n) is 8.21. The van der Waals surface area contributed by atoms with Crippen LogP contribution in [0.15, 0.2) is 42.5 Å². The number of carbonyl (C=O) groups excluding carboxylic acids is 2. The Labute approximate surface area is 154 Å². The van der Waals surface area contributed by atoms with E-state index in [-0.39, 0.29) is 18.7 Å². The average molecular weight is 376 g/mol. The zero-order chi connectivity index (χ0) is 19.6. The molecule has 3 rings (SSSR count). The number of ether oxygens (including phenoxy) is 2. The van der Waals surface area contributed by atoms with Crippen molar-refractivity contribution in [2.45, 2.75) is 12.5 Å². The Morgan fingerprint density at radius 3 is 2.41 bits per heavy atom. The number of methoxy groups -OCH3 is 1. The van der Waals surface area contributed by atoms with Crippen LogP contribution in [0, 0.1) is 11.6 Å². The normalized spacial score (nSPS) is 19.2. The molecule has 0 saturated carbocycles. The van der Waals surface area contributed by atoms with Crippen LogP contribution in [0.2, 0.25) is 0 Å². The molecule has 1 aliphatic rings. The van der Waals surface area contributed by atoms with Gasteiger partial charge in [-0.2, -0.15) is 0 Å². The van der Waals surface area contributed by atoms with E-state index in [1.54, 1.807) is 31.4 Å². The number of hydrogen-bond acceptors (Lipinski definition) is 4. The molecule has 142 valence electrons. The number of urea groups is 1. The van der Waals surface area contributed by atoms with Gasteiger partial charge in [-0.05, 0) is 49.4 Å². The van der Waals surface area contributed by atoms with Crippen molar-refractivity contribution in [3.05, 3.63) is 59.7 Å². The van der Waals surface area contributed by atoms with Crippen LogP contribution in [0.4, 0.5) is 13.6 Å². The van der Waals surface area contributed by atoms with Crippen molar-refractivity contribution >= 4 is 11.9 Å². The Hall–Kier alpha value is -3.16. The SMILES string of the molecule is COc1ccc(OCCN2C(=O)NC(C)(c3cc(F)ccc3F)C2=O)cc1. The fourth-order valence-corrected chi connectivity index (χ4v) is 2.89. The van der Waals surface area contributed by atoms with E-state index < -0.39 is 29.1 Å². The summed E-state index contributed by atoms with van der Waals surface area (Å²) in [6.45, 7) is 1.35. The van der Waals surface area contributed by atoms with E-state index in [1.165, 1.54) is 6.92 Å². The fourth-order valence-electron chi connectivity index (χ4n) is 2.89. The number of nitrogens with zero attached hydrogens (tertiary/aromatic N) is 1. The second-order valence-corrected chi connectivity index (χ2v) is 6.16. The number of benzene rings is 2. The van der Waals surface area contributed by atoms with Gasteiger partial charge in [-0.15, -0.1) is 0 Å². The van der Waals surface area contributed by atoms with Crippen LogP contribution in [0.5, 0.6) is 11.5 Å². The molecule has 1 fully saturated rings. The summed E-state index contributed by atoms with van der Waals surface area (Å²) >= 11 is 0. The first-order valence-corrected chi connectivity index (χ1v) is 8.21. The van der Waals surface area contributed by atoms with Gasteiger partial charge in [0.25, 0.3) is 5.91 Å². The van der Waals surface area contributed by atoms with Gasteiger partial charge in [0.1, 0.15) is 35.3 Å². The van der Waals surface area contributed by atoms with Gasteiger partial charge in [0, 0.05) is 5.56 Å². The molecule has 0 aliphatic carbocycles. The highest BCUT2D eigenvalue weighted by Gasteiger charge is 2.50. The van der Waals surface area contributed by atoms with E-state index in [4.69, 9.17) is 9.47 Å². The molecule has 2 aromatic carbocycles. The summed E-state index contributed by atoms with van der Waals surface area (Å²) in [7, 11) is 1.55. The van der Waals surface area contributed by atoms with Crippen LogP contribution in [-0.2, 0) is 10.3 Å². The molecule has 27 heavy (non-hydrogen) atoms. The second-order valence-electron chi connectivity index (χ2n) is 6.16. The highest BCUT2D eigenvalue weighted by molar-refractivity contribution is 6.07. The number of rotatable bonds is 6. The zero-order valence-corrected chi connectivity index (χ0v) is 14.8. The van der Waals surface area contributed by atoms with Gasteiger partial charge >= 0.3 is 6.03 Å². The predicted octanol–water partition coefficient (Wildman–Crippen LogP) is 2.82. The monoisotopic (exact) mass is 376 g/mol. The Morgan fingerprint density at radius 2 is 1.74 bits per heavy atom. The Kier molecular flexibility index (Phi) is 4.98. The average Bonchev–Trinajstić information content (AvgIpc) is 2.88. The summed E-state index contributed by atoms with van der Waals surface area (Å²) in [6.07, 6.45) is 0. The number of imide groups is 1. The van der Waals surface area contributed by atoms with Crippen LogP contribution in [0.3, 0.4) is 0 Å². The zero-order valence-electron chi connectivity index (χ0n) is 14.8. The molecule has 2 aromatic rings. The number of amides is 3. The minimum atomic E-state index is -1.68. The number of carbonyl (C=O) groups is 2. The molecule has 6 nitrogen and oxygen atoms in total. The first-order chi connectivity index (χ1) is 12.8. The van der Waals surface area contributed by atoms with Crippen molar-refractivity contribution in [3.63, 3.8) is 0 Å². The third-order valence-electron chi connectivity index (χ3n) is 4.39. The van der Waals surface area contributed by atoms with Crippen LogP contribution in [0.1, 0.15) is 12.5 Å². The first kappa shape index (κ1) is 18.6. The summed E-state index contributed by atoms with van der Waals surface area (Å²) in [6, 6.07) is 8.90. The Balaban J connectivity index is 1.69. The van der Waals surface area contributed by atoms with Crippen LogP contribution < -0.4 is 14.8 Å². The van der Waals surface area contributed by atoms with Gasteiger partial charge in [-0.1, -0.05) is 0 Å². The topological polar surface area (TPSA) is 67.9 Å². The number of hydrogen-bond donors (Lipinski definition) is 1. The summed E-state index contributed by atoms with van der Waals surface area (Å²) in [5, 5.41) is 2.44. The molecule has 1 heterocycles. The van der Waals surface area contributed by atoms with Crippen molar-refractivity contribution in [2.24, 2.45) is 0 Å². The highest BCUT2D eigenvalue weighted by Crippen LogP contribution is 2.31. The molecule has 0 bridgehead atoms. The molecular formula is C19H18F2N2O4. The van der Waals surface area contributed by atoms with E-state index in [0.29, 0.717) is 11.5 Å². The molecule has 1 atom stereocenters. The lowest BCUT2D eigenvalue weighted by Crippen LogP contribution is -2.42. The van der Waals surface area contributed by atoms with Gasteiger partial charge in [0.15, 0.2) is 0 Å². The summed E-state index contributed by atoms with van der Waals surface area (Å²) in [5.74, 6) is -0.929. The largest absolute Gasteiger partial charge is 0.497 e. The van der Waals surface area contributed by atoms with Crippen molar-refractivity contribution in [3.8, 4) is 11.5 Å². The van der Waals surface area contributed by atoms with Gasteiger partial charge in [0.2, 0.25) is 0 Å². The van der Waals surface area contributed by atoms with Crippen molar-refractivity contribution in [1.29, 1.82) is 0 Å². The van der Waals surface area contributed by atoms with Crippen LogP contribution >= 0.6 is 0 Å². The lowest BCUT2D eigenvalue weighted by Gasteiger charge is -2.22. The maximum absolute atomic E-state index is 14.1. The van der Waals surface area contributed by atoms with E-state index in [0.717, 1.165) is 23.1 Å². The van der Waals surface area contributed by atoms with Gasteiger partial charge in [-0.3, -0.25) is 9.69 Å². The highest BCUT2D eigenvalue weighted by atomic mass is 19.1. The van der Waals surface area contributed by atoms with E-state index >= 15 is 0 Å². The summed E-state index contributed by atoms with van der Waals surface area (Å²) in [4.78, 5) is 25.8. The van der Waals surface area contributed by atoms with E-state index in [1.807, 2.05) is 0 Å². The third-order valence-corrected chi connectivity index (χ3v) is 4.39. The molecule has 0 spiro atoms. The molecule has 1 saturated heterocycles. The molecule has 1 unspecified atom stereocenters. The standard InChI is InChI=1S/C19H18F2N2O4/c1-19(15-11-12(20)3-8-16(15)21)17(24)23(18(25)22-19)9-10-27-14-6-4-13(26-2)5-7-14/h3-8,11H,9-10H2,1-2H3,(H,22,25). The lowest BCUT2D eigenvalue weighted by atomic mass is 9.91. The summed E-state index contributed by atoms with van der Waals surface area (Å²) < 4.78 is 38.2. The molecule has 0 radical (unpaired) electrons. The van der Waals surface area contributed by atoms with Crippen molar-refractivity contribution in [2.75, 3.05) is 20.3 Å². The Morgan fingerprint density at radius 1 is 1.07 bits per heavy atom. The van der Waals surface area contributed by atoms with Crippen LogP contribution in [0.25, 0.3) is 0 Å². The van der Waals surface area contributed by atoms with Gasteiger partial charge in [0.05, 0.1) is 13.7 Å². The predicted molar refractivity (Wildman–Crippen MR) is 92.4 cm³/mol. The van der Waals surface area contributed by atoms with Crippen LogP contribution in [-0.4, -0.2) is 37.1 Å². The second kappa shape index (κ2) is 7.22. The van der Waals surface area contributed by atoms with Gasteiger partial charge < -0.3 is 14.8 Å². The number of nitrogens with one attached hydrogen (secondary N) is 1. The minimum Gasteiger partial charge on any atom is -0.497 e. The molecule has 3 amide bonds. The van der Waals surface area contributed by atoms with Gasteiger partial charge in [-0.25, -0.2) is 13.6 Å². The summed E-state index contributed by atoms with van der Waals surface area (Å²) in [5.41, 5.74) is -1.90. The quantitative estimate of drug-likeness (QED) is 0.788. The molecule has 1 aliphatic heterocycles. The van der Waals surface area contributed by atoms with E-state index in [9.17, 15) is 18.4 Å². The van der Waals surface area contributed by atoms with E-state index in [2.05, 4.69) is 5.32 Å². The van der Waals surface area contributed by atoms with Crippen molar-refractivity contribution < 1.29 is 27.8 Å². The molecule has 1 N–H and O–H groups in total.